The summed E-state index contributed by atoms with van der Waals surface area (Å²) in [5, 5.41) is 12.2. The minimum Gasteiger partial charge on any atom is -0.481 e. The second-order valence-electron chi connectivity index (χ2n) is 4.21. The molecule has 5 heteroatoms. The van der Waals surface area contributed by atoms with Gasteiger partial charge in [0.05, 0.1) is 17.4 Å². The molecule has 2 N–H and O–H groups in total. The largest absolute Gasteiger partial charge is 0.481 e. The third-order valence-electron chi connectivity index (χ3n) is 2.67. The van der Waals surface area contributed by atoms with Crippen LogP contribution in [0.25, 0.3) is 10.9 Å². The van der Waals surface area contributed by atoms with E-state index in [0.717, 1.165) is 10.9 Å². The van der Waals surface area contributed by atoms with Gasteiger partial charge in [0.25, 0.3) is 0 Å². The number of carboxylic acids is 1. The Balaban J connectivity index is 1.97. The van der Waals surface area contributed by atoms with E-state index in [0.29, 0.717) is 12.1 Å². The number of para-hydroxylation sites is 1. The van der Waals surface area contributed by atoms with Crippen LogP contribution in [0, 0.1) is 0 Å². The van der Waals surface area contributed by atoms with Crippen molar-refractivity contribution in [3.05, 3.63) is 36.5 Å². The number of aromatic nitrogens is 1. The number of anilines is 1. The first kappa shape index (κ1) is 13.0. The molecule has 0 saturated carbocycles. The van der Waals surface area contributed by atoms with Crippen LogP contribution in [0.1, 0.15) is 19.3 Å². The highest BCUT2D eigenvalue weighted by atomic mass is 16.4. The van der Waals surface area contributed by atoms with Crippen molar-refractivity contribution in [2.45, 2.75) is 19.3 Å². The van der Waals surface area contributed by atoms with E-state index in [2.05, 4.69) is 10.3 Å². The van der Waals surface area contributed by atoms with E-state index >= 15 is 0 Å². The second-order valence-corrected chi connectivity index (χ2v) is 4.21. The molecule has 0 aliphatic carbocycles. The maximum absolute atomic E-state index is 11.6. The van der Waals surface area contributed by atoms with Gasteiger partial charge in [-0.3, -0.25) is 14.6 Å². The van der Waals surface area contributed by atoms with Crippen LogP contribution in [0.15, 0.2) is 36.5 Å². The third-order valence-corrected chi connectivity index (χ3v) is 2.67. The molecule has 1 amide bonds. The van der Waals surface area contributed by atoms with Gasteiger partial charge in [-0.25, -0.2) is 0 Å². The molecule has 2 aromatic rings. The molecule has 0 atom stereocenters. The first-order valence-corrected chi connectivity index (χ1v) is 6.01. The van der Waals surface area contributed by atoms with Gasteiger partial charge in [0.1, 0.15) is 0 Å². The number of hydrogen-bond acceptors (Lipinski definition) is 3. The molecule has 1 aromatic carbocycles. The van der Waals surface area contributed by atoms with Crippen molar-refractivity contribution in [2.24, 2.45) is 0 Å². The summed E-state index contributed by atoms with van der Waals surface area (Å²) < 4.78 is 0. The van der Waals surface area contributed by atoms with E-state index in [4.69, 9.17) is 5.11 Å². The Bertz CT molecular complexity index is 610. The van der Waals surface area contributed by atoms with Crippen molar-refractivity contribution >= 4 is 28.5 Å². The van der Waals surface area contributed by atoms with Crippen LogP contribution in [0.4, 0.5) is 5.69 Å². The van der Waals surface area contributed by atoms with E-state index in [-0.39, 0.29) is 18.7 Å². The van der Waals surface area contributed by atoms with Gasteiger partial charge < -0.3 is 10.4 Å². The van der Waals surface area contributed by atoms with E-state index < -0.39 is 5.97 Å². The number of hydrogen-bond donors (Lipinski definition) is 2. The molecule has 19 heavy (non-hydrogen) atoms. The van der Waals surface area contributed by atoms with Crippen molar-refractivity contribution < 1.29 is 14.7 Å². The Morgan fingerprint density at radius 2 is 2.00 bits per heavy atom. The summed E-state index contributed by atoms with van der Waals surface area (Å²) in [5.74, 6) is -1.08. The Labute approximate surface area is 110 Å². The molecule has 98 valence electrons. The van der Waals surface area contributed by atoms with Crippen LogP contribution in [0.5, 0.6) is 0 Å². The number of amides is 1. The standard InChI is InChI=1S/C14H14N2O3/c17-13(6-3-7-14(18)19)16-11-8-10-4-1-2-5-12(10)15-9-11/h1-2,4-5,8-9H,3,6-7H2,(H,16,17)(H,18,19). The minimum atomic E-state index is -0.889. The molecule has 0 saturated heterocycles. The highest BCUT2D eigenvalue weighted by Gasteiger charge is 2.05. The normalized spacial score (nSPS) is 10.3. The SMILES string of the molecule is O=C(O)CCCC(=O)Nc1cnc2ccccc2c1. The van der Waals surface area contributed by atoms with E-state index in [9.17, 15) is 9.59 Å². The summed E-state index contributed by atoms with van der Waals surface area (Å²) in [5.41, 5.74) is 1.49. The fraction of sp³-hybridized carbons (Fsp3) is 0.214. The molecule has 5 nitrogen and oxygen atoms in total. The number of carboxylic acid groups (broad SMARTS) is 1. The molecule has 1 heterocycles. The summed E-state index contributed by atoms with van der Waals surface area (Å²) in [4.78, 5) is 26.2. The van der Waals surface area contributed by atoms with Crippen molar-refractivity contribution in [2.75, 3.05) is 5.32 Å². The molecular formula is C14H14N2O3. The predicted molar refractivity (Wildman–Crippen MR) is 71.9 cm³/mol. The average Bonchev–Trinajstić information content (AvgIpc) is 2.38. The number of nitrogens with zero attached hydrogens (tertiary/aromatic N) is 1. The molecular weight excluding hydrogens is 244 g/mol. The maximum Gasteiger partial charge on any atom is 0.303 e. The zero-order valence-corrected chi connectivity index (χ0v) is 10.3. The van der Waals surface area contributed by atoms with E-state index in [1.54, 1.807) is 6.20 Å². The quantitative estimate of drug-likeness (QED) is 0.863. The Morgan fingerprint density at radius 3 is 2.79 bits per heavy atom. The van der Waals surface area contributed by atoms with Crippen LogP contribution in [0.3, 0.4) is 0 Å². The molecule has 0 aliphatic rings. The Morgan fingerprint density at radius 1 is 1.21 bits per heavy atom. The summed E-state index contributed by atoms with van der Waals surface area (Å²) in [6.07, 6.45) is 2.13. The second kappa shape index (κ2) is 5.95. The highest BCUT2D eigenvalue weighted by molar-refractivity contribution is 5.93. The molecule has 1 aromatic heterocycles. The minimum absolute atomic E-state index is 0.00336. The van der Waals surface area contributed by atoms with Crippen molar-refractivity contribution in [1.29, 1.82) is 0 Å². The van der Waals surface area contributed by atoms with Crippen molar-refractivity contribution in [3.8, 4) is 0 Å². The monoisotopic (exact) mass is 258 g/mol. The maximum atomic E-state index is 11.6. The smallest absolute Gasteiger partial charge is 0.303 e. The van der Waals surface area contributed by atoms with Gasteiger partial charge in [-0.15, -0.1) is 0 Å². The number of fused-ring (bicyclic) bond motifs is 1. The molecule has 0 aliphatic heterocycles. The van der Waals surface area contributed by atoms with Gasteiger partial charge in [0.2, 0.25) is 5.91 Å². The van der Waals surface area contributed by atoms with Gasteiger partial charge in [-0.1, -0.05) is 18.2 Å². The summed E-state index contributed by atoms with van der Waals surface area (Å²) in [6.45, 7) is 0. The lowest BCUT2D eigenvalue weighted by Crippen LogP contribution is -2.12. The summed E-state index contributed by atoms with van der Waals surface area (Å²) >= 11 is 0. The number of carbonyl (C=O) groups is 2. The summed E-state index contributed by atoms with van der Waals surface area (Å²) in [6, 6.07) is 9.47. The number of rotatable bonds is 5. The topological polar surface area (TPSA) is 79.3 Å². The number of nitrogens with one attached hydrogen (secondary N) is 1. The molecule has 2 rings (SSSR count). The zero-order chi connectivity index (χ0) is 13.7. The lowest BCUT2D eigenvalue weighted by atomic mass is 10.2. The first-order valence-electron chi connectivity index (χ1n) is 6.01. The number of aliphatic carboxylic acids is 1. The number of carbonyl (C=O) groups excluding carboxylic acids is 1. The molecule has 0 bridgehead atoms. The number of pyridine rings is 1. The van der Waals surface area contributed by atoms with Gasteiger partial charge in [-0.2, -0.15) is 0 Å². The fourth-order valence-corrected chi connectivity index (χ4v) is 1.76. The van der Waals surface area contributed by atoms with Crippen LogP contribution in [0.2, 0.25) is 0 Å². The molecule has 0 fully saturated rings. The molecule has 0 radical (unpaired) electrons. The van der Waals surface area contributed by atoms with Crippen LogP contribution in [-0.2, 0) is 9.59 Å². The van der Waals surface area contributed by atoms with Gasteiger partial charge in [0.15, 0.2) is 0 Å². The predicted octanol–water partition coefficient (Wildman–Crippen LogP) is 2.43. The van der Waals surface area contributed by atoms with E-state index in [1.165, 1.54) is 0 Å². The number of benzene rings is 1. The Kier molecular flexibility index (Phi) is 4.07. The van der Waals surface area contributed by atoms with Crippen LogP contribution in [-0.4, -0.2) is 22.0 Å². The van der Waals surface area contributed by atoms with Gasteiger partial charge in [-0.05, 0) is 18.6 Å². The summed E-state index contributed by atoms with van der Waals surface area (Å²) in [7, 11) is 0. The van der Waals surface area contributed by atoms with Gasteiger partial charge in [0, 0.05) is 18.2 Å². The fourth-order valence-electron chi connectivity index (χ4n) is 1.76. The Hall–Kier alpha value is -2.43. The van der Waals surface area contributed by atoms with Crippen molar-refractivity contribution in [3.63, 3.8) is 0 Å². The lowest BCUT2D eigenvalue weighted by Gasteiger charge is -2.05. The average molecular weight is 258 g/mol. The third kappa shape index (κ3) is 3.77. The highest BCUT2D eigenvalue weighted by Crippen LogP contribution is 2.16. The van der Waals surface area contributed by atoms with Crippen molar-refractivity contribution in [1.82, 2.24) is 4.98 Å². The van der Waals surface area contributed by atoms with Gasteiger partial charge >= 0.3 is 5.97 Å². The van der Waals surface area contributed by atoms with Crippen LogP contribution >= 0.6 is 0 Å². The van der Waals surface area contributed by atoms with Crippen LogP contribution < -0.4 is 5.32 Å². The van der Waals surface area contributed by atoms with E-state index in [1.807, 2.05) is 30.3 Å². The molecule has 0 unspecified atom stereocenters. The zero-order valence-electron chi connectivity index (χ0n) is 10.3. The molecule has 0 spiro atoms. The first-order chi connectivity index (χ1) is 9.15. The lowest BCUT2D eigenvalue weighted by molar-refractivity contribution is -0.137.